The fraction of sp³-hybridized carbons (Fsp3) is 0.400. The first kappa shape index (κ1) is 19.9. The van der Waals surface area contributed by atoms with E-state index in [1.54, 1.807) is 0 Å². The summed E-state index contributed by atoms with van der Waals surface area (Å²) in [6.45, 7) is 2.94. The minimum Gasteiger partial charge on any atom is -0.507 e. The van der Waals surface area contributed by atoms with Gasteiger partial charge in [-0.2, -0.15) is 0 Å². The van der Waals surface area contributed by atoms with Crippen LogP contribution in [-0.2, 0) is 4.74 Å². The van der Waals surface area contributed by atoms with Crippen LogP contribution in [0.5, 0.6) is 34.5 Å². The maximum absolute atomic E-state index is 11.0. The summed E-state index contributed by atoms with van der Waals surface area (Å²) in [4.78, 5) is 0. The molecule has 8 nitrogen and oxygen atoms in total. The lowest BCUT2D eigenvalue weighted by Crippen LogP contribution is -2.24. The Bertz CT molecular complexity index is 923. The number of phenolic OH excluding ortho intramolecular Hbond substituents is 6. The maximum atomic E-state index is 11.0. The van der Waals surface area contributed by atoms with E-state index in [2.05, 4.69) is 0 Å². The van der Waals surface area contributed by atoms with Crippen molar-refractivity contribution in [1.82, 2.24) is 0 Å². The van der Waals surface area contributed by atoms with Crippen molar-refractivity contribution in [2.75, 3.05) is 7.11 Å². The van der Waals surface area contributed by atoms with Crippen molar-refractivity contribution in [3.63, 3.8) is 0 Å². The number of aliphatic hydroxyl groups is 1. The Labute approximate surface area is 161 Å². The van der Waals surface area contributed by atoms with E-state index in [1.807, 2.05) is 0 Å². The van der Waals surface area contributed by atoms with Crippen LogP contribution >= 0.6 is 0 Å². The Kier molecular flexibility index (Phi) is 4.95. The van der Waals surface area contributed by atoms with Gasteiger partial charge in [-0.05, 0) is 20.3 Å². The monoisotopic (exact) mass is 392 g/mol. The molecule has 152 valence electrons. The molecule has 0 amide bonds. The molecule has 7 N–H and O–H groups in total. The van der Waals surface area contributed by atoms with Gasteiger partial charge < -0.3 is 40.5 Å². The summed E-state index contributed by atoms with van der Waals surface area (Å²) in [5.41, 5.74) is 0.376. The van der Waals surface area contributed by atoms with E-state index in [-0.39, 0.29) is 57.4 Å². The summed E-state index contributed by atoms with van der Waals surface area (Å²) >= 11 is 0. The van der Waals surface area contributed by atoms with Gasteiger partial charge >= 0.3 is 0 Å². The number of phenols is 6. The molecule has 28 heavy (non-hydrogen) atoms. The second-order valence-electron chi connectivity index (χ2n) is 7.24. The highest BCUT2D eigenvalue weighted by Crippen LogP contribution is 2.55. The highest BCUT2D eigenvalue weighted by atomic mass is 16.5. The molecule has 1 aliphatic rings. The van der Waals surface area contributed by atoms with Gasteiger partial charge in [-0.25, -0.2) is 0 Å². The average molecular weight is 392 g/mol. The third kappa shape index (κ3) is 2.85. The van der Waals surface area contributed by atoms with Crippen molar-refractivity contribution < 1.29 is 40.5 Å². The van der Waals surface area contributed by atoms with E-state index >= 15 is 0 Å². The van der Waals surface area contributed by atoms with Crippen LogP contribution < -0.4 is 0 Å². The van der Waals surface area contributed by atoms with Crippen LogP contribution in [0.25, 0.3) is 0 Å². The zero-order chi connectivity index (χ0) is 20.9. The maximum Gasteiger partial charge on any atom is 0.129 e. The van der Waals surface area contributed by atoms with Gasteiger partial charge in [0.2, 0.25) is 0 Å². The predicted molar refractivity (Wildman–Crippen MR) is 99.2 cm³/mol. The molecule has 0 spiro atoms. The van der Waals surface area contributed by atoms with Gasteiger partial charge in [-0.1, -0.05) is 0 Å². The topological polar surface area (TPSA) is 151 Å². The predicted octanol–water partition coefficient (Wildman–Crippen LogP) is 2.18. The quantitative estimate of drug-likeness (QED) is 0.420. The third-order valence-electron chi connectivity index (χ3n) is 5.76. The Morgan fingerprint density at radius 2 is 1.25 bits per heavy atom. The molecule has 2 aromatic rings. The number of rotatable bonds is 3. The van der Waals surface area contributed by atoms with Crippen LogP contribution in [0.4, 0.5) is 0 Å². The van der Waals surface area contributed by atoms with E-state index in [0.29, 0.717) is 0 Å². The summed E-state index contributed by atoms with van der Waals surface area (Å²) in [7, 11) is 1.41. The second-order valence-corrected chi connectivity index (χ2v) is 7.24. The second kappa shape index (κ2) is 6.96. The number of hydrogen-bond acceptors (Lipinski definition) is 8. The molecule has 0 radical (unpaired) electrons. The summed E-state index contributed by atoms with van der Waals surface area (Å²) in [6, 6.07) is 2.17. The van der Waals surface area contributed by atoms with Crippen molar-refractivity contribution in [2.24, 2.45) is 0 Å². The van der Waals surface area contributed by atoms with E-state index < -0.39 is 29.8 Å². The summed E-state index contributed by atoms with van der Waals surface area (Å²) in [5.74, 6) is -3.73. The lowest BCUT2D eigenvalue weighted by molar-refractivity contribution is 0.0643. The fourth-order valence-corrected chi connectivity index (χ4v) is 4.11. The van der Waals surface area contributed by atoms with Gasteiger partial charge in [0.25, 0.3) is 0 Å². The summed E-state index contributed by atoms with van der Waals surface area (Å²) in [5, 5.41) is 72.1. The molecule has 1 fully saturated rings. The van der Waals surface area contributed by atoms with Crippen molar-refractivity contribution >= 4 is 0 Å². The number of ether oxygens (including phenoxy) is 1. The van der Waals surface area contributed by atoms with E-state index in [4.69, 9.17) is 4.74 Å². The van der Waals surface area contributed by atoms with Crippen molar-refractivity contribution in [3.8, 4) is 34.5 Å². The zero-order valence-corrected chi connectivity index (χ0v) is 15.7. The van der Waals surface area contributed by atoms with Crippen LogP contribution in [0.15, 0.2) is 12.1 Å². The summed E-state index contributed by atoms with van der Waals surface area (Å²) < 4.78 is 5.46. The lowest BCUT2D eigenvalue weighted by Gasteiger charge is -2.25. The highest BCUT2D eigenvalue weighted by molar-refractivity contribution is 5.60. The van der Waals surface area contributed by atoms with Crippen molar-refractivity contribution in [1.29, 1.82) is 0 Å². The molecule has 0 heterocycles. The molecule has 0 saturated heterocycles. The molecular formula is C20H24O8. The van der Waals surface area contributed by atoms with Gasteiger partial charge in [-0.3, -0.25) is 0 Å². The van der Waals surface area contributed by atoms with Gasteiger partial charge in [0, 0.05) is 53.3 Å². The van der Waals surface area contributed by atoms with Crippen LogP contribution in [-0.4, -0.2) is 55.1 Å². The minimum absolute atomic E-state index is 0.0200. The van der Waals surface area contributed by atoms with Crippen LogP contribution in [0.3, 0.4) is 0 Å². The number of hydrogen-bond donors (Lipinski definition) is 7. The molecule has 1 saturated carbocycles. The molecule has 4 unspecified atom stereocenters. The van der Waals surface area contributed by atoms with Crippen molar-refractivity contribution in [3.05, 3.63) is 34.4 Å². The third-order valence-corrected chi connectivity index (χ3v) is 5.76. The van der Waals surface area contributed by atoms with Crippen molar-refractivity contribution in [2.45, 2.75) is 44.3 Å². The molecular weight excluding hydrogens is 368 g/mol. The number of methoxy groups -OCH3 is 1. The Morgan fingerprint density at radius 3 is 1.75 bits per heavy atom. The SMILES string of the molecule is COC1CC(c2c(O)cc(O)c(C)c2O)C(O)C1c1c(O)cc(O)c(C)c1O. The zero-order valence-electron chi connectivity index (χ0n) is 15.7. The molecule has 8 heteroatoms. The number of aromatic hydroxyl groups is 6. The smallest absolute Gasteiger partial charge is 0.129 e. The summed E-state index contributed by atoms with van der Waals surface area (Å²) in [6.07, 6.45) is -1.73. The van der Waals surface area contributed by atoms with E-state index in [9.17, 15) is 35.7 Å². The van der Waals surface area contributed by atoms with Crippen LogP contribution in [0.1, 0.15) is 40.5 Å². The Morgan fingerprint density at radius 1 is 0.786 bits per heavy atom. The Hall–Kier alpha value is -2.84. The standard InChI is InChI=1S/C20H24O8/c1-7-10(21)5-12(23)15(18(7)25)9-4-14(28-3)17(20(9)27)16-13(24)6-11(22)8(2)19(16)26/h5-6,9,14,17,20-27H,4H2,1-3H3. The molecule has 0 aliphatic heterocycles. The van der Waals surface area contributed by atoms with Gasteiger partial charge in [-0.15, -0.1) is 0 Å². The first-order valence-corrected chi connectivity index (χ1v) is 8.79. The van der Waals surface area contributed by atoms with E-state index in [1.165, 1.54) is 21.0 Å². The number of aliphatic hydroxyl groups excluding tert-OH is 1. The molecule has 0 bridgehead atoms. The average Bonchev–Trinajstić information content (AvgIpc) is 2.95. The highest BCUT2D eigenvalue weighted by Gasteiger charge is 2.48. The largest absolute Gasteiger partial charge is 0.507 e. The van der Waals surface area contributed by atoms with Gasteiger partial charge in [0.05, 0.1) is 12.2 Å². The normalized spacial score (nSPS) is 24.6. The molecule has 3 rings (SSSR count). The van der Waals surface area contributed by atoms with E-state index in [0.717, 1.165) is 12.1 Å². The fourth-order valence-electron chi connectivity index (χ4n) is 4.11. The number of benzene rings is 2. The van der Waals surface area contributed by atoms with Crippen LogP contribution in [0.2, 0.25) is 0 Å². The first-order valence-electron chi connectivity index (χ1n) is 8.79. The molecule has 2 aromatic carbocycles. The van der Waals surface area contributed by atoms with Gasteiger partial charge in [0.15, 0.2) is 0 Å². The first-order chi connectivity index (χ1) is 13.1. The lowest BCUT2D eigenvalue weighted by atomic mass is 9.86. The van der Waals surface area contributed by atoms with Gasteiger partial charge in [0.1, 0.15) is 34.5 Å². The molecule has 1 aliphatic carbocycles. The Balaban J connectivity index is 2.14. The van der Waals surface area contributed by atoms with Crippen LogP contribution in [0, 0.1) is 13.8 Å². The minimum atomic E-state index is -1.24. The molecule has 4 atom stereocenters. The molecule has 0 aromatic heterocycles.